The number of nitrogens with zero attached hydrogens (tertiary/aromatic N) is 3. The Balaban J connectivity index is 1.66. The van der Waals surface area contributed by atoms with Crippen LogP contribution in [0, 0.1) is 5.92 Å². The van der Waals surface area contributed by atoms with Crippen molar-refractivity contribution in [1.82, 2.24) is 15.0 Å². The van der Waals surface area contributed by atoms with E-state index >= 15 is 0 Å². The zero-order valence-corrected chi connectivity index (χ0v) is 11.9. The van der Waals surface area contributed by atoms with Crippen molar-refractivity contribution >= 4 is 5.95 Å². The minimum atomic E-state index is 0.199. The summed E-state index contributed by atoms with van der Waals surface area (Å²) in [4.78, 5) is 12.6. The molecule has 0 aromatic carbocycles. The van der Waals surface area contributed by atoms with Gasteiger partial charge in [0.2, 0.25) is 11.8 Å². The fourth-order valence-electron chi connectivity index (χ4n) is 2.47. The molecule has 1 fully saturated rings. The second-order valence-electron chi connectivity index (χ2n) is 5.03. The van der Waals surface area contributed by atoms with Gasteiger partial charge in [0.25, 0.3) is 0 Å². The third kappa shape index (κ3) is 3.46. The zero-order valence-electron chi connectivity index (χ0n) is 11.9. The second kappa shape index (κ2) is 6.49. The van der Waals surface area contributed by atoms with Crippen LogP contribution in [-0.4, -0.2) is 41.3 Å². The summed E-state index contributed by atoms with van der Waals surface area (Å²) in [5, 5.41) is 3.34. The number of rotatable bonds is 5. The van der Waals surface area contributed by atoms with Gasteiger partial charge in [0, 0.05) is 30.6 Å². The van der Waals surface area contributed by atoms with E-state index in [1.807, 2.05) is 24.5 Å². The van der Waals surface area contributed by atoms with Crippen LogP contribution in [0.5, 0.6) is 5.88 Å². The summed E-state index contributed by atoms with van der Waals surface area (Å²) in [5.74, 6) is 1.52. The van der Waals surface area contributed by atoms with E-state index in [1.54, 1.807) is 19.4 Å². The summed E-state index contributed by atoms with van der Waals surface area (Å²) in [6.07, 6.45) is 6.27. The molecule has 3 heterocycles. The summed E-state index contributed by atoms with van der Waals surface area (Å²) in [6.45, 7) is 1.40. The highest BCUT2D eigenvalue weighted by molar-refractivity contribution is 5.30. The van der Waals surface area contributed by atoms with Crippen LogP contribution in [0.25, 0.3) is 0 Å². The Morgan fingerprint density at radius 2 is 2.10 bits per heavy atom. The molecule has 6 nitrogen and oxygen atoms in total. The van der Waals surface area contributed by atoms with E-state index in [2.05, 4.69) is 20.3 Å². The van der Waals surface area contributed by atoms with Crippen LogP contribution in [0.4, 0.5) is 5.95 Å². The standard InChI is InChI=1S/C15H18N4O2/c1-20-14-4-7-17-15(19-14)18-13-10-21-9-12(13)8-11-2-5-16-6-3-11/h2-7,12-13H,8-10H2,1H3,(H,17,18,19)/t12-,13-/m1/s1. The van der Waals surface area contributed by atoms with Crippen molar-refractivity contribution < 1.29 is 9.47 Å². The average Bonchev–Trinajstić information content (AvgIpc) is 2.95. The molecule has 0 radical (unpaired) electrons. The maximum Gasteiger partial charge on any atom is 0.226 e. The van der Waals surface area contributed by atoms with Gasteiger partial charge in [-0.25, -0.2) is 4.98 Å². The Kier molecular flexibility index (Phi) is 4.25. The predicted molar refractivity (Wildman–Crippen MR) is 78.2 cm³/mol. The summed E-state index contributed by atoms with van der Waals surface area (Å²) in [6, 6.07) is 6.00. The maximum absolute atomic E-state index is 5.61. The van der Waals surface area contributed by atoms with Crippen molar-refractivity contribution in [2.24, 2.45) is 5.92 Å². The first kappa shape index (κ1) is 13.8. The number of nitrogens with one attached hydrogen (secondary N) is 1. The van der Waals surface area contributed by atoms with E-state index in [-0.39, 0.29) is 6.04 Å². The molecule has 1 aliphatic heterocycles. The second-order valence-corrected chi connectivity index (χ2v) is 5.03. The molecule has 1 aliphatic rings. The third-order valence-electron chi connectivity index (χ3n) is 3.60. The molecule has 2 atom stereocenters. The molecule has 0 spiro atoms. The number of pyridine rings is 1. The molecule has 0 amide bonds. The lowest BCUT2D eigenvalue weighted by molar-refractivity contribution is 0.185. The zero-order chi connectivity index (χ0) is 14.5. The molecule has 21 heavy (non-hydrogen) atoms. The lowest BCUT2D eigenvalue weighted by atomic mass is 9.95. The van der Waals surface area contributed by atoms with E-state index < -0.39 is 0 Å². The highest BCUT2D eigenvalue weighted by Gasteiger charge is 2.29. The molecular formula is C15H18N4O2. The maximum atomic E-state index is 5.61. The van der Waals surface area contributed by atoms with Gasteiger partial charge in [0.1, 0.15) is 0 Å². The number of ether oxygens (including phenoxy) is 2. The lowest BCUT2D eigenvalue weighted by Gasteiger charge is -2.19. The first-order chi connectivity index (χ1) is 10.3. The van der Waals surface area contributed by atoms with Crippen molar-refractivity contribution in [1.29, 1.82) is 0 Å². The molecule has 0 saturated carbocycles. The molecule has 3 rings (SSSR count). The largest absolute Gasteiger partial charge is 0.481 e. The van der Waals surface area contributed by atoms with Crippen LogP contribution in [-0.2, 0) is 11.2 Å². The SMILES string of the molecule is COc1ccnc(N[C@@H]2COC[C@H]2Cc2ccncc2)n1. The van der Waals surface area contributed by atoms with Gasteiger partial charge >= 0.3 is 0 Å². The number of anilines is 1. The van der Waals surface area contributed by atoms with Crippen molar-refractivity contribution in [3.05, 3.63) is 42.4 Å². The quantitative estimate of drug-likeness (QED) is 0.899. The lowest BCUT2D eigenvalue weighted by Crippen LogP contribution is -2.30. The van der Waals surface area contributed by atoms with E-state index in [9.17, 15) is 0 Å². The van der Waals surface area contributed by atoms with E-state index in [1.165, 1.54) is 5.56 Å². The molecule has 2 aromatic rings. The van der Waals surface area contributed by atoms with Crippen molar-refractivity contribution in [2.45, 2.75) is 12.5 Å². The Morgan fingerprint density at radius 3 is 2.90 bits per heavy atom. The highest BCUT2D eigenvalue weighted by Crippen LogP contribution is 2.21. The molecule has 1 saturated heterocycles. The smallest absolute Gasteiger partial charge is 0.226 e. The number of methoxy groups -OCH3 is 1. The van der Waals surface area contributed by atoms with Gasteiger partial charge < -0.3 is 14.8 Å². The van der Waals surface area contributed by atoms with Gasteiger partial charge in [-0.1, -0.05) is 0 Å². The van der Waals surface area contributed by atoms with Gasteiger partial charge in [-0.3, -0.25) is 4.98 Å². The normalized spacial score (nSPS) is 21.2. The minimum absolute atomic E-state index is 0.199. The van der Waals surface area contributed by atoms with Crippen molar-refractivity contribution in [3.63, 3.8) is 0 Å². The van der Waals surface area contributed by atoms with Gasteiger partial charge in [-0.2, -0.15) is 4.98 Å². The van der Waals surface area contributed by atoms with Crippen molar-refractivity contribution in [3.8, 4) is 5.88 Å². The van der Waals surface area contributed by atoms with Crippen LogP contribution >= 0.6 is 0 Å². The van der Waals surface area contributed by atoms with E-state index in [0.29, 0.717) is 24.4 Å². The number of hydrogen-bond acceptors (Lipinski definition) is 6. The summed E-state index contributed by atoms with van der Waals surface area (Å²) >= 11 is 0. The number of aromatic nitrogens is 3. The highest BCUT2D eigenvalue weighted by atomic mass is 16.5. The molecule has 6 heteroatoms. The molecule has 2 aromatic heterocycles. The van der Waals surface area contributed by atoms with Crippen molar-refractivity contribution in [2.75, 3.05) is 25.6 Å². The molecule has 1 N–H and O–H groups in total. The van der Waals surface area contributed by atoms with E-state index in [0.717, 1.165) is 13.0 Å². The van der Waals surface area contributed by atoms with Crippen LogP contribution in [0.3, 0.4) is 0 Å². The van der Waals surface area contributed by atoms with Crippen LogP contribution < -0.4 is 10.1 Å². The fraction of sp³-hybridized carbons (Fsp3) is 0.400. The third-order valence-corrected chi connectivity index (χ3v) is 3.60. The fourth-order valence-corrected chi connectivity index (χ4v) is 2.47. The Labute approximate surface area is 123 Å². The Bertz CT molecular complexity index is 579. The van der Waals surface area contributed by atoms with Crippen LogP contribution in [0.1, 0.15) is 5.56 Å². The minimum Gasteiger partial charge on any atom is -0.481 e. The Hall–Kier alpha value is -2.21. The molecule has 0 aliphatic carbocycles. The molecule has 0 bridgehead atoms. The number of hydrogen-bond donors (Lipinski definition) is 1. The monoisotopic (exact) mass is 286 g/mol. The van der Waals surface area contributed by atoms with Gasteiger partial charge in [-0.05, 0) is 24.1 Å². The topological polar surface area (TPSA) is 69.2 Å². The molecule has 110 valence electrons. The summed E-state index contributed by atoms with van der Waals surface area (Å²) in [7, 11) is 1.59. The molecule has 0 unspecified atom stereocenters. The van der Waals surface area contributed by atoms with Crippen LogP contribution in [0.2, 0.25) is 0 Å². The first-order valence-corrected chi connectivity index (χ1v) is 6.95. The Morgan fingerprint density at radius 1 is 1.24 bits per heavy atom. The predicted octanol–water partition coefficient (Wildman–Crippen LogP) is 1.55. The molecular weight excluding hydrogens is 268 g/mol. The first-order valence-electron chi connectivity index (χ1n) is 6.95. The van der Waals surface area contributed by atoms with Gasteiger partial charge in [0.15, 0.2) is 0 Å². The summed E-state index contributed by atoms with van der Waals surface area (Å²) < 4.78 is 10.7. The van der Waals surface area contributed by atoms with Gasteiger partial charge in [0.05, 0.1) is 26.4 Å². The summed E-state index contributed by atoms with van der Waals surface area (Å²) in [5.41, 5.74) is 1.26. The van der Waals surface area contributed by atoms with Gasteiger partial charge in [-0.15, -0.1) is 0 Å². The average molecular weight is 286 g/mol. The van der Waals surface area contributed by atoms with E-state index in [4.69, 9.17) is 9.47 Å². The van der Waals surface area contributed by atoms with Crippen LogP contribution in [0.15, 0.2) is 36.8 Å².